The molecule has 34 heavy (non-hydrogen) atoms. The van der Waals surface area contributed by atoms with Gasteiger partial charge in [0.05, 0.1) is 15.3 Å². The zero-order chi connectivity index (χ0) is 24.8. The average molecular weight is 626 g/mol. The molecule has 0 amide bonds. The van der Waals surface area contributed by atoms with Gasteiger partial charge in [-0.1, -0.05) is 31.9 Å². The highest BCUT2D eigenvalue weighted by molar-refractivity contribution is 9.10. The molecule has 0 aliphatic rings. The van der Waals surface area contributed by atoms with Crippen molar-refractivity contribution in [1.29, 1.82) is 0 Å². The number of nitrogens with one attached hydrogen (secondary N) is 1. The minimum absolute atomic E-state index is 0.0609. The monoisotopic (exact) mass is 624 g/mol. The molecule has 0 aliphatic carbocycles. The Hall–Kier alpha value is -2.47. The zero-order valence-corrected chi connectivity index (χ0v) is 22.7. The topological polar surface area (TPSA) is 102 Å². The van der Waals surface area contributed by atoms with Gasteiger partial charge in [0.2, 0.25) is 0 Å². The molecule has 1 N–H and O–H groups in total. The van der Waals surface area contributed by atoms with Gasteiger partial charge in [0.1, 0.15) is 0 Å². The molecule has 0 atom stereocenters. The molecule has 0 unspecified atom stereocenters. The summed E-state index contributed by atoms with van der Waals surface area (Å²) in [7, 11) is -7.92. The van der Waals surface area contributed by atoms with Crippen LogP contribution < -0.4 is 4.72 Å². The molecule has 0 radical (unpaired) electrons. The standard InChI is InChI=1S/C23H18Br2N2O5S2/c1-14-23(15(2)28)21-13-18(26-33(29,30)19-8-3-16(24)4-9-19)7-12-22(21)27(14)34(31,32)20-10-5-17(25)6-11-20/h3-13,26H,1-2H3. The predicted molar refractivity (Wildman–Crippen MR) is 138 cm³/mol. The molecule has 1 aromatic heterocycles. The fourth-order valence-corrected chi connectivity index (χ4v) is 6.89. The van der Waals surface area contributed by atoms with Gasteiger partial charge in [-0.3, -0.25) is 9.52 Å². The Bertz CT molecular complexity index is 1640. The second-order valence-electron chi connectivity index (χ2n) is 7.53. The van der Waals surface area contributed by atoms with Crippen LogP contribution in [0.3, 0.4) is 0 Å². The number of anilines is 1. The number of fused-ring (bicyclic) bond motifs is 1. The van der Waals surface area contributed by atoms with Crippen LogP contribution in [0.15, 0.2) is 85.5 Å². The minimum atomic E-state index is -4.02. The van der Waals surface area contributed by atoms with Crippen molar-refractivity contribution in [2.75, 3.05) is 4.72 Å². The average Bonchev–Trinajstić information content (AvgIpc) is 3.06. The van der Waals surface area contributed by atoms with Crippen LogP contribution in [0.5, 0.6) is 0 Å². The summed E-state index contributed by atoms with van der Waals surface area (Å²) in [5.74, 6) is -0.333. The number of aromatic nitrogens is 1. The Labute approximate surface area is 214 Å². The van der Waals surface area contributed by atoms with Crippen LogP contribution >= 0.6 is 31.9 Å². The highest BCUT2D eigenvalue weighted by atomic mass is 79.9. The maximum atomic E-state index is 13.5. The van der Waals surface area contributed by atoms with Crippen molar-refractivity contribution >= 4 is 74.3 Å². The lowest BCUT2D eigenvalue weighted by atomic mass is 10.1. The number of Topliss-reactive ketones (excluding diaryl/α,β-unsaturated/α-hetero) is 1. The van der Waals surface area contributed by atoms with Crippen molar-refractivity contribution in [3.63, 3.8) is 0 Å². The lowest BCUT2D eigenvalue weighted by Gasteiger charge is -2.11. The summed E-state index contributed by atoms with van der Waals surface area (Å²) in [6.45, 7) is 2.90. The molecule has 7 nitrogen and oxygen atoms in total. The molecule has 0 fully saturated rings. The first-order chi connectivity index (χ1) is 15.9. The normalized spacial score (nSPS) is 12.1. The van der Waals surface area contributed by atoms with E-state index >= 15 is 0 Å². The van der Waals surface area contributed by atoms with Crippen molar-refractivity contribution < 1.29 is 21.6 Å². The molecule has 4 rings (SSSR count). The zero-order valence-electron chi connectivity index (χ0n) is 17.9. The summed E-state index contributed by atoms with van der Waals surface area (Å²) in [5, 5.41) is 0.335. The summed E-state index contributed by atoms with van der Waals surface area (Å²) in [4.78, 5) is 12.6. The summed E-state index contributed by atoms with van der Waals surface area (Å²) >= 11 is 6.57. The van der Waals surface area contributed by atoms with Crippen LogP contribution in [0.2, 0.25) is 0 Å². The predicted octanol–water partition coefficient (Wildman–Crippen LogP) is 5.72. The maximum Gasteiger partial charge on any atom is 0.268 e. The van der Waals surface area contributed by atoms with Gasteiger partial charge in [-0.15, -0.1) is 0 Å². The van der Waals surface area contributed by atoms with Gasteiger partial charge in [-0.05, 0) is 80.6 Å². The number of carbonyl (C=O) groups excluding carboxylic acids is 1. The highest BCUT2D eigenvalue weighted by Crippen LogP contribution is 2.33. The minimum Gasteiger partial charge on any atom is -0.294 e. The number of hydrogen-bond donors (Lipinski definition) is 1. The summed E-state index contributed by atoms with van der Waals surface area (Å²) in [6, 6.07) is 16.8. The molecular formula is C23H18Br2N2O5S2. The van der Waals surface area contributed by atoms with E-state index in [1.807, 2.05) is 0 Å². The van der Waals surface area contributed by atoms with E-state index in [4.69, 9.17) is 0 Å². The molecule has 1 heterocycles. The van der Waals surface area contributed by atoms with Crippen LogP contribution in [0.25, 0.3) is 10.9 Å². The van der Waals surface area contributed by atoms with Gasteiger partial charge < -0.3 is 0 Å². The molecule has 0 saturated carbocycles. The van der Waals surface area contributed by atoms with Gasteiger partial charge >= 0.3 is 0 Å². The lowest BCUT2D eigenvalue weighted by Crippen LogP contribution is -2.15. The molecule has 176 valence electrons. The van der Waals surface area contributed by atoms with Crippen molar-refractivity contribution in [2.45, 2.75) is 23.6 Å². The SMILES string of the molecule is CC(=O)c1c(C)n(S(=O)(=O)c2ccc(Br)cc2)c2ccc(NS(=O)(=O)c3ccc(Br)cc3)cc12. The second-order valence-corrected chi connectivity index (χ2v) is 12.8. The van der Waals surface area contributed by atoms with E-state index in [9.17, 15) is 21.6 Å². The van der Waals surface area contributed by atoms with Gasteiger partial charge in [0, 0.05) is 31.3 Å². The Balaban J connectivity index is 1.87. The number of sulfonamides is 1. The van der Waals surface area contributed by atoms with Crippen molar-refractivity contribution in [3.05, 3.63) is 86.9 Å². The number of hydrogen-bond acceptors (Lipinski definition) is 5. The number of rotatable bonds is 6. The first-order valence-electron chi connectivity index (χ1n) is 9.87. The number of benzene rings is 3. The first-order valence-corrected chi connectivity index (χ1v) is 14.4. The van der Waals surface area contributed by atoms with E-state index in [1.54, 1.807) is 31.2 Å². The van der Waals surface area contributed by atoms with E-state index in [0.29, 0.717) is 5.39 Å². The fourth-order valence-electron chi connectivity index (χ4n) is 3.75. The summed E-state index contributed by atoms with van der Waals surface area (Å²) < 4.78 is 57.6. The van der Waals surface area contributed by atoms with Crippen LogP contribution in [-0.4, -0.2) is 26.6 Å². The third kappa shape index (κ3) is 4.45. The fraction of sp³-hybridized carbons (Fsp3) is 0.0870. The number of halogens is 2. The van der Waals surface area contributed by atoms with E-state index in [2.05, 4.69) is 36.6 Å². The second kappa shape index (κ2) is 8.95. The largest absolute Gasteiger partial charge is 0.294 e. The lowest BCUT2D eigenvalue weighted by molar-refractivity contribution is 0.101. The van der Waals surface area contributed by atoms with E-state index < -0.39 is 20.0 Å². The molecule has 0 saturated heterocycles. The number of ketones is 1. The van der Waals surface area contributed by atoms with E-state index in [-0.39, 0.29) is 38.0 Å². The Morgan fingerprint density at radius 3 is 1.88 bits per heavy atom. The number of nitrogens with zero attached hydrogens (tertiary/aromatic N) is 1. The van der Waals surface area contributed by atoms with Crippen LogP contribution in [0, 0.1) is 6.92 Å². The first kappa shape index (κ1) is 24.6. The third-order valence-electron chi connectivity index (χ3n) is 5.23. The number of carbonyl (C=O) groups is 1. The highest BCUT2D eigenvalue weighted by Gasteiger charge is 2.27. The summed E-state index contributed by atoms with van der Waals surface area (Å²) in [5.41, 5.74) is 0.937. The smallest absolute Gasteiger partial charge is 0.268 e. The Morgan fingerprint density at radius 2 is 1.35 bits per heavy atom. The maximum absolute atomic E-state index is 13.5. The Kier molecular flexibility index (Phi) is 6.49. The molecular weight excluding hydrogens is 608 g/mol. The van der Waals surface area contributed by atoms with Gasteiger partial charge in [0.15, 0.2) is 5.78 Å². The molecule has 4 aromatic rings. The quantitative estimate of drug-likeness (QED) is 0.276. The van der Waals surface area contributed by atoms with Gasteiger partial charge in [0.25, 0.3) is 20.0 Å². The van der Waals surface area contributed by atoms with Crippen molar-refractivity contribution in [3.8, 4) is 0 Å². The third-order valence-corrected chi connectivity index (χ3v) is 9.50. The van der Waals surface area contributed by atoms with Crippen LogP contribution in [-0.2, 0) is 20.0 Å². The van der Waals surface area contributed by atoms with E-state index in [0.717, 1.165) is 12.9 Å². The van der Waals surface area contributed by atoms with Crippen LogP contribution in [0.1, 0.15) is 23.0 Å². The summed E-state index contributed by atoms with van der Waals surface area (Å²) in [6.07, 6.45) is 0. The molecule has 0 spiro atoms. The van der Waals surface area contributed by atoms with Crippen molar-refractivity contribution in [1.82, 2.24) is 3.97 Å². The van der Waals surface area contributed by atoms with Crippen LogP contribution in [0.4, 0.5) is 5.69 Å². The van der Waals surface area contributed by atoms with Gasteiger partial charge in [-0.25, -0.2) is 20.8 Å². The molecule has 0 bridgehead atoms. The van der Waals surface area contributed by atoms with E-state index in [1.165, 1.54) is 49.4 Å². The molecule has 3 aromatic carbocycles. The van der Waals surface area contributed by atoms with Crippen molar-refractivity contribution in [2.24, 2.45) is 0 Å². The van der Waals surface area contributed by atoms with Gasteiger partial charge in [-0.2, -0.15) is 0 Å². The molecule has 11 heteroatoms. The Morgan fingerprint density at radius 1 is 0.824 bits per heavy atom. The molecule has 0 aliphatic heterocycles.